The number of nitrogens with zero attached hydrogens (tertiary/aromatic N) is 1. The Hall–Kier alpha value is -2.69. The average molecular weight is 355 g/mol. The summed E-state index contributed by atoms with van der Waals surface area (Å²) < 4.78 is 16.2. The molecule has 1 heterocycles. The highest BCUT2D eigenvalue weighted by atomic mass is 16.5. The van der Waals surface area contributed by atoms with Crippen molar-refractivity contribution in [2.75, 3.05) is 32.8 Å². The van der Waals surface area contributed by atoms with E-state index in [9.17, 15) is 4.79 Å². The minimum absolute atomic E-state index is 0.0975. The van der Waals surface area contributed by atoms with Gasteiger partial charge in [-0.2, -0.15) is 0 Å². The molecule has 0 unspecified atom stereocenters. The van der Waals surface area contributed by atoms with E-state index in [0.29, 0.717) is 12.8 Å². The lowest BCUT2D eigenvalue weighted by molar-refractivity contribution is -0.118. The van der Waals surface area contributed by atoms with Crippen LogP contribution < -0.4 is 19.1 Å². The molecule has 2 aromatic rings. The number of benzene rings is 2. The van der Waals surface area contributed by atoms with Gasteiger partial charge in [-0.3, -0.25) is 4.79 Å². The third kappa shape index (κ3) is 3.62. The minimum Gasteiger partial charge on any atom is -0.497 e. The summed E-state index contributed by atoms with van der Waals surface area (Å²) in [6.45, 7) is 0.724. The van der Waals surface area contributed by atoms with Gasteiger partial charge in [0.05, 0.1) is 27.0 Å². The standard InChI is InChI=1S/C21H25NO4/c1-24-17-10-11-18(25-2)16(14-17)9-12-20(23)22-13-5-7-15-6-4-8-19(26-3)21(15)22/h4,6,8,10-11,14H,5,7,9,12-13H2,1-3H3. The number of aryl methyl sites for hydroxylation is 2. The van der Waals surface area contributed by atoms with Crippen LogP contribution in [0, 0.1) is 0 Å². The number of anilines is 1. The number of carbonyl (C=O) groups excluding carboxylic acids is 1. The van der Waals surface area contributed by atoms with Gasteiger partial charge >= 0.3 is 0 Å². The fourth-order valence-corrected chi connectivity index (χ4v) is 3.48. The maximum absolute atomic E-state index is 13.0. The Labute approximate surface area is 154 Å². The monoisotopic (exact) mass is 355 g/mol. The molecular weight excluding hydrogens is 330 g/mol. The summed E-state index contributed by atoms with van der Waals surface area (Å²) >= 11 is 0. The molecule has 0 saturated carbocycles. The largest absolute Gasteiger partial charge is 0.497 e. The molecule has 0 atom stereocenters. The van der Waals surface area contributed by atoms with Gasteiger partial charge in [0, 0.05) is 13.0 Å². The molecule has 0 spiro atoms. The molecular formula is C21H25NO4. The molecule has 3 rings (SSSR count). The minimum atomic E-state index is 0.0975. The van der Waals surface area contributed by atoms with Crippen LogP contribution in [0.1, 0.15) is 24.0 Å². The van der Waals surface area contributed by atoms with Crippen molar-refractivity contribution in [1.29, 1.82) is 0 Å². The van der Waals surface area contributed by atoms with Crippen molar-refractivity contribution in [3.8, 4) is 17.2 Å². The summed E-state index contributed by atoms with van der Waals surface area (Å²) in [5.41, 5.74) is 3.06. The molecule has 0 saturated heterocycles. The second-order valence-corrected chi connectivity index (χ2v) is 6.29. The fraction of sp³-hybridized carbons (Fsp3) is 0.381. The Bertz CT molecular complexity index is 773. The van der Waals surface area contributed by atoms with Crippen LogP contribution in [0.15, 0.2) is 36.4 Å². The third-order valence-corrected chi connectivity index (χ3v) is 4.80. The third-order valence-electron chi connectivity index (χ3n) is 4.80. The molecule has 1 aliphatic heterocycles. The Morgan fingerprint density at radius 1 is 1.04 bits per heavy atom. The summed E-state index contributed by atoms with van der Waals surface area (Å²) in [6, 6.07) is 11.6. The molecule has 1 aliphatic rings. The molecule has 26 heavy (non-hydrogen) atoms. The molecule has 138 valence electrons. The van der Waals surface area contributed by atoms with Crippen LogP contribution in [0.5, 0.6) is 17.2 Å². The Morgan fingerprint density at radius 3 is 2.58 bits per heavy atom. The molecule has 5 nitrogen and oxygen atoms in total. The fourth-order valence-electron chi connectivity index (χ4n) is 3.48. The van der Waals surface area contributed by atoms with Crippen LogP contribution in [0.4, 0.5) is 5.69 Å². The number of rotatable bonds is 6. The number of para-hydroxylation sites is 1. The van der Waals surface area contributed by atoms with Crippen molar-refractivity contribution in [2.45, 2.75) is 25.7 Å². The van der Waals surface area contributed by atoms with E-state index in [1.54, 1.807) is 21.3 Å². The lowest BCUT2D eigenvalue weighted by Crippen LogP contribution is -2.36. The van der Waals surface area contributed by atoms with Crippen LogP contribution in [0.2, 0.25) is 0 Å². The molecule has 2 aromatic carbocycles. The van der Waals surface area contributed by atoms with E-state index in [0.717, 1.165) is 47.9 Å². The van der Waals surface area contributed by atoms with E-state index >= 15 is 0 Å². The van der Waals surface area contributed by atoms with E-state index < -0.39 is 0 Å². The maximum Gasteiger partial charge on any atom is 0.227 e. The van der Waals surface area contributed by atoms with E-state index in [1.807, 2.05) is 35.2 Å². The summed E-state index contributed by atoms with van der Waals surface area (Å²) in [4.78, 5) is 14.8. The van der Waals surface area contributed by atoms with Crippen LogP contribution in [0.3, 0.4) is 0 Å². The van der Waals surface area contributed by atoms with E-state index in [4.69, 9.17) is 14.2 Å². The molecule has 0 fully saturated rings. The number of ether oxygens (including phenoxy) is 3. The average Bonchev–Trinajstić information content (AvgIpc) is 2.70. The number of fused-ring (bicyclic) bond motifs is 1. The Kier molecular flexibility index (Phi) is 5.66. The molecule has 0 bridgehead atoms. The van der Waals surface area contributed by atoms with Crippen molar-refractivity contribution >= 4 is 11.6 Å². The second-order valence-electron chi connectivity index (χ2n) is 6.29. The van der Waals surface area contributed by atoms with Gasteiger partial charge in [0.1, 0.15) is 17.2 Å². The van der Waals surface area contributed by atoms with Crippen molar-refractivity contribution in [2.24, 2.45) is 0 Å². The summed E-state index contributed by atoms with van der Waals surface area (Å²) in [7, 11) is 4.92. The molecule has 5 heteroatoms. The van der Waals surface area contributed by atoms with Crippen molar-refractivity contribution in [3.63, 3.8) is 0 Å². The number of amides is 1. The Balaban J connectivity index is 1.79. The van der Waals surface area contributed by atoms with Crippen molar-refractivity contribution in [1.82, 2.24) is 0 Å². The maximum atomic E-state index is 13.0. The second kappa shape index (κ2) is 8.13. The first kappa shape index (κ1) is 18.1. The van der Waals surface area contributed by atoms with Gasteiger partial charge in [-0.25, -0.2) is 0 Å². The molecule has 0 N–H and O–H groups in total. The zero-order chi connectivity index (χ0) is 18.5. The topological polar surface area (TPSA) is 48.0 Å². The number of hydrogen-bond acceptors (Lipinski definition) is 4. The highest BCUT2D eigenvalue weighted by molar-refractivity contribution is 5.96. The summed E-state index contributed by atoms with van der Waals surface area (Å²) in [5, 5.41) is 0. The normalized spacial score (nSPS) is 13.1. The van der Waals surface area contributed by atoms with Gasteiger partial charge < -0.3 is 19.1 Å². The first-order chi connectivity index (χ1) is 12.7. The Morgan fingerprint density at radius 2 is 1.85 bits per heavy atom. The molecule has 0 aliphatic carbocycles. The smallest absolute Gasteiger partial charge is 0.227 e. The molecule has 0 aromatic heterocycles. The van der Waals surface area contributed by atoms with Gasteiger partial charge in [0.2, 0.25) is 5.91 Å². The van der Waals surface area contributed by atoms with Gasteiger partial charge in [0.25, 0.3) is 0 Å². The predicted molar refractivity (Wildman–Crippen MR) is 102 cm³/mol. The quantitative estimate of drug-likeness (QED) is 0.794. The predicted octanol–water partition coefficient (Wildman–Crippen LogP) is 3.62. The first-order valence-corrected chi connectivity index (χ1v) is 8.85. The van der Waals surface area contributed by atoms with Crippen LogP contribution in [-0.2, 0) is 17.6 Å². The van der Waals surface area contributed by atoms with Gasteiger partial charge in [-0.1, -0.05) is 12.1 Å². The number of carbonyl (C=O) groups is 1. The zero-order valence-electron chi connectivity index (χ0n) is 15.6. The first-order valence-electron chi connectivity index (χ1n) is 8.85. The SMILES string of the molecule is COc1ccc(OC)c(CCC(=O)N2CCCc3cccc(OC)c32)c1. The van der Waals surface area contributed by atoms with Crippen LogP contribution >= 0.6 is 0 Å². The van der Waals surface area contributed by atoms with Gasteiger partial charge in [-0.05, 0) is 54.7 Å². The molecule has 0 radical (unpaired) electrons. The van der Waals surface area contributed by atoms with Crippen LogP contribution in [-0.4, -0.2) is 33.8 Å². The highest BCUT2D eigenvalue weighted by Gasteiger charge is 2.25. The lowest BCUT2D eigenvalue weighted by Gasteiger charge is -2.31. The summed E-state index contributed by atoms with van der Waals surface area (Å²) in [6.07, 6.45) is 2.94. The number of methoxy groups -OCH3 is 3. The summed E-state index contributed by atoms with van der Waals surface area (Å²) in [5.74, 6) is 2.39. The van der Waals surface area contributed by atoms with E-state index in [-0.39, 0.29) is 5.91 Å². The van der Waals surface area contributed by atoms with Crippen molar-refractivity contribution < 1.29 is 19.0 Å². The molecule has 1 amide bonds. The van der Waals surface area contributed by atoms with E-state index in [1.165, 1.54) is 5.56 Å². The highest BCUT2D eigenvalue weighted by Crippen LogP contribution is 2.36. The zero-order valence-corrected chi connectivity index (χ0v) is 15.6. The lowest BCUT2D eigenvalue weighted by atomic mass is 10.00. The van der Waals surface area contributed by atoms with Crippen molar-refractivity contribution in [3.05, 3.63) is 47.5 Å². The van der Waals surface area contributed by atoms with Crippen LogP contribution in [0.25, 0.3) is 0 Å². The van der Waals surface area contributed by atoms with E-state index in [2.05, 4.69) is 6.07 Å². The number of hydrogen-bond donors (Lipinski definition) is 0. The van der Waals surface area contributed by atoms with Gasteiger partial charge in [0.15, 0.2) is 0 Å². The van der Waals surface area contributed by atoms with Gasteiger partial charge in [-0.15, -0.1) is 0 Å².